The van der Waals surface area contributed by atoms with Gasteiger partial charge in [0.25, 0.3) is 5.91 Å². The van der Waals surface area contributed by atoms with Crippen LogP contribution in [0, 0.1) is 23.3 Å². The van der Waals surface area contributed by atoms with E-state index in [0.717, 1.165) is 12.0 Å². The smallest absolute Gasteiger partial charge is 0.256 e. The summed E-state index contributed by atoms with van der Waals surface area (Å²) < 4.78 is 60.7. The first-order chi connectivity index (χ1) is 12.8. The zero-order chi connectivity index (χ0) is 19.9. The van der Waals surface area contributed by atoms with Crippen molar-refractivity contribution < 1.29 is 31.9 Å². The second-order valence-corrected chi connectivity index (χ2v) is 5.90. The van der Waals surface area contributed by atoms with Crippen molar-refractivity contribution in [2.45, 2.75) is 6.54 Å². The molecule has 0 saturated heterocycles. The molecule has 2 aromatic carbocycles. The van der Waals surface area contributed by atoms with E-state index < -0.39 is 59.5 Å². The normalized spacial score (nSPS) is 14.3. The number of hydrogen-bond acceptors (Lipinski definition) is 3. The Morgan fingerprint density at radius 1 is 1.00 bits per heavy atom. The van der Waals surface area contributed by atoms with Crippen LogP contribution >= 0.6 is 0 Å². The van der Waals surface area contributed by atoms with Gasteiger partial charge in [0.15, 0.2) is 17.4 Å². The molecule has 0 spiro atoms. The Hall–Kier alpha value is -3.10. The fourth-order valence-corrected chi connectivity index (χ4v) is 2.89. The van der Waals surface area contributed by atoms with Gasteiger partial charge in [-0.25, -0.2) is 8.78 Å². The molecule has 0 bridgehead atoms. The van der Waals surface area contributed by atoms with Crippen molar-refractivity contribution >= 4 is 17.5 Å². The third-order valence-electron chi connectivity index (χ3n) is 4.35. The number of amides is 2. The molecule has 0 aromatic heterocycles. The van der Waals surface area contributed by atoms with Gasteiger partial charge in [-0.2, -0.15) is 8.78 Å². The molecule has 9 heteroatoms. The number of nitrogens with zero attached hydrogens (tertiary/aromatic N) is 2. The molecule has 3 rings (SSSR count). The number of hydrogen-bond donors (Lipinski definition) is 0. The number of carbonyl (C=O) groups excluding carboxylic acids is 2. The van der Waals surface area contributed by atoms with Crippen LogP contribution in [0.2, 0.25) is 0 Å². The maximum atomic E-state index is 14.2. The summed E-state index contributed by atoms with van der Waals surface area (Å²) in [4.78, 5) is 27.1. The number of anilines is 1. The number of rotatable bonds is 3. The third kappa shape index (κ3) is 2.98. The van der Waals surface area contributed by atoms with Crippen LogP contribution in [-0.4, -0.2) is 37.4 Å². The number of benzene rings is 2. The summed E-state index contributed by atoms with van der Waals surface area (Å²) in [7, 11) is 2.32. The number of halogens is 4. The van der Waals surface area contributed by atoms with Gasteiger partial charge in [0, 0.05) is 12.6 Å². The lowest BCUT2D eigenvalue weighted by Gasteiger charge is -2.21. The number of para-hydroxylation sites is 1. The molecule has 5 nitrogen and oxygen atoms in total. The van der Waals surface area contributed by atoms with Crippen molar-refractivity contribution in [3.8, 4) is 5.75 Å². The maximum Gasteiger partial charge on any atom is 0.256 e. The van der Waals surface area contributed by atoms with Gasteiger partial charge in [-0.15, -0.1) is 0 Å². The molecule has 0 saturated carbocycles. The van der Waals surface area contributed by atoms with Gasteiger partial charge in [-0.1, -0.05) is 12.1 Å². The van der Waals surface area contributed by atoms with Crippen molar-refractivity contribution in [1.29, 1.82) is 0 Å². The van der Waals surface area contributed by atoms with E-state index in [1.807, 2.05) is 0 Å². The Bertz CT molecular complexity index is 919. The van der Waals surface area contributed by atoms with E-state index in [1.54, 1.807) is 18.2 Å². The second kappa shape index (κ2) is 6.90. The number of fused-ring (bicyclic) bond motifs is 1. The predicted octanol–water partition coefficient (Wildman–Crippen LogP) is 2.87. The van der Waals surface area contributed by atoms with Crippen molar-refractivity contribution in [1.82, 2.24) is 4.90 Å². The highest BCUT2D eigenvalue weighted by Crippen LogP contribution is 2.32. The molecule has 0 N–H and O–H groups in total. The molecule has 0 unspecified atom stereocenters. The van der Waals surface area contributed by atoms with E-state index in [1.165, 1.54) is 18.0 Å². The highest BCUT2D eigenvalue weighted by molar-refractivity contribution is 6.09. The Morgan fingerprint density at radius 3 is 2.19 bits per heavy atom. The Balaban J connectivity index is 2.07. The van der Waals surface area contributed by atoms with Crippen molar-refractivity contribution in [2.24, 2.45) is 0 Å². The summed E-state index contributed by atoms with van der Waals surface area (Å²) in [5.41, 5.74) is -0.557. The summed E-state index contributed by atoms with van der Waals surface area (Å²) in [5, 5.41) is 0. The first-order valence-corrected chi connectivity index (χ1v) is 7.81. The third-order valence-corrected chi connectivity index (χ3v) is 4.35. The molecule has 2 aromatic rings. The molecular formula is C18H14F4N2O3. The highest BCUT2D eigenvalue weighted by Gasteiger charge is 2.33. The lowest BCUT2D eigenvalue weighted by atomic mass is 10.1. The van der Waals surface area contributed by atoms with Crippen LogP contribution < -0.4 is 9.64 Å². The van der Waals surface area contributed by atoms with Crippen molar-refractivity contribution in [3.05, 3.63) is 58.7 Å². The average Bonchev–Trinajstić information content (AvgIpc) is 2.75. The van der Waals surface area contributed by atoms with E-state index in [-0.39, 0.29) is 5.56 Å². The van der Waals surface area contributed by atoms with E-state index in [4.69, 9.17) is 0 Å². The van der Waals surface area contributed by atoms with Crippen LogP contribution in [-0.2, 0) is 11.3 Å². The average molecular weight is 382 g/mol. The SMILES string of the molecule is COc1c(F)c(F)c(CN2CC(=O)N(C)c3ccccc3C2=O)c(F)c1F. The van der Waals surface area contributed by atoms with E-state index >= 15 is 0 Å². The fourth-order valence-electron chi connectivity index (χ4n) is 2.89. The van der Waals surface area contributed by atoms with Crippen LogP contribution in [0.25, 0.3) is 0 Å². The van der Waals surface area contributed by atoms with Gasteiger partial charge in [-0.3, -0.25) is 9.59 Å². The topological polar surface area (TPSA) is 49.9 Å². The van der Waals surface area contributed by atoms with Gasteiger partial charge < -0.3 is 14.5 Å². The summed E-state index contributed by atoms with van der Waals surface area (Å²) in [6.07, 6.45) is 0. The summed E-state index contributed by atoms with van der Waals surface area (Å²) in [6.45, 7) is -1.35. The van der Waals surface area contributed by atoms with Crippen LogP contribution in [0.15, 0.2) is 24.3 Å². The Labute approximate surface area is 151 Å². The zero-order valence-electron chi connectivity index (χ0n) is 14.4. The molecule has 27 heavy (non-hydrogen) atoms. The molecule has 0 fully saturated rings. The molecule has 1 aliphatic heterocycles. The van der Waals surface area contributed by atoms with Crippen molar-refractivity contribution in [3.63, 3.8) is 0 Å². The van der Waals surface area contributed by atoms with E-state index in [9.17, 15) is 27.2 Å². The molecule has 2 amide bonds. The summed E-state index contributed by atoms with van der Waals surface area (Å²) >= 11 is 0. The van der Waals surface area contributed by atoms with Crippen molar-refractivity contribution in [2.75, 3.05) is 25.6 Å². The molecule has 0 radical (unpaired) electrons. The molecule has 1 heterocycles. The number of likely N-dealkylation sites (N-methyl/N-ethyl adjacent to an activating group) is 1. The minimum Gasteiger partial charge on any atom is -0.491 e. The van der Waals surface area contributed by atoms with Gasteiger partial charge in [0.1, 0.15) is 6.54 Å². The zero-order valence-corrected chi connectivity index (χ0v) is 14.4. The lowest BCUT2D eigenvalue weighted by molar-refractivity contribution is -0.119. The number of carbonyl (C=O) groups is 2. The van der Waals surface area contributed by atoms with Crippen LogP contribution in [0.5, 0.6) is 5.75 Å². The largest absolute Gasteiger partial charge is 0.491 e. The first-order valence-electron chi connectivity index (χ1n) is 7.81. The first kappa shape index (κ1) is 18.7. The second-order valence-electron chi connectivity index (χ2n) is 5.90. The quantitative estimate of drug-likeness (QED) is 0.606. The summed E-state index contributed by atoms with van der Waals surface area (Å²) in [6, 6.07) is 6.18. The number of methoxy groups -OCH3 is 1. The molecule has 0 atom stereocenters. The molecule has 0 aliphatic carbocycles. The van der Waals surface area contributed by atoms with Crippen LogP contribution in [0.4, 0.5) is 23.2 Å². The molecule has 1 aliphatic rings. The summed E-state index contributed by atoms with van der Waals surface area (Å²) in [5.74, 6) is -9.21. The monoisotopic (exact) mass is 382 g/mol. The number of ether oxygens (including phenoxy) is 1. The lowest BCUT2D eigenvalue weighted by Crippen LogP contribution is -2.37. The van der Waals surface area contributed by atoms with Gasteiger partial charge >= 0.3 is 0 Å². The highest BCUT2D eigenvalue weighted by atomic mass is 19.2. The Morgan fingerprint density at radius 2 is 1.59 bits per heavy atom. The van der Waals surface area contributed by atoms with E-state index in [2.05, 4.69) is 4.74 Å². The molecule has 142 valence electrons. The van der Waals surface area contributed by atoms with Crippen LogP contribution in [0.3, 0.4) is 0 Å². The van der Waals surface area contributed by atoms with Crippen LogP contribution in [0.1, 0.15) is 15.9 Å². The molecular weight excluding hydrogens is 368 g/mol. The standard InChI is InChI=1S/C18H14F4N2O3/c1-23-11-6-4-3-5-9(11)18(26)24(8-12(23)25)7-10-13(19)15(21)17(27-2)16(22)14(10)20/h3-6H,7-8H2,1-2H3. The van der Waals surface area contributed by atoms with Gasteiger partial charge in [0.2, 0.25) is 17.5 Å². The Kier molecular flexibility index (Phi) is 4.77. The van der Waals surface area contributed by atoms with Gasteiger partial charge in [0.05, 0.1) is 24.9 Å². The minimum absolute atomic E-state index is 0.126. The maximum absolute atomic E-state index is 14.2. The van der Waals surface area contributed by atoms with Gasteiger partial charge in [-0.05, 0) is 12.1 Å². The fraction of sp³-hybridized carbons (Fsp3) is 0.222. The minimum atomic E-state index is -1.71. The van der Waals surface area contributed by atoms with E-state index in [0.29, 0.717) is 5.69 Å². The predicted molar refractivity (Wildman–Crippen MR) is 87.4 cm³/mol.